The molecule has 4 rings (SSSR count). The van der Waals surface area contributed by atoms with Crippen molar-refractivity contribution in [2.75, 3.05) is 31.9 Å². The number of carbonyl (C=O) groups is 1. The molecule has 0 aliphatic heterocycles. The van der Waals surface area contributed by atoms with Crippen LogP contribution in [0.1, 0.15) is 26.3 Å². The molecule has 10 heteroatoms. The fourth-order valence-corrected chi connectivity index (χ4v) is 5.38. The second-order valence-corrected chi connectivity index (χ2v) is 12.7. The molecule has 1 amide bonds. The minimum Gasteiger partial charge on any atom is -0.393 e. The number of benzene rings is 3. The molecule has 0 saturated heterocycles. The van der Waals surface area contributed by atoms with Crippen LogP contribution in [0.2, 0.25) is 5.02 Å². The molecule has 0 aliphatic rings. The van der Waals surface area contributed by atoms with Gasteiger partial charge in [-0.3, -0.25) is 4.72 Å². The Hall–Kier alpha value is -3.53. The number of fused-ring (bicyclic) bond motifs is 1. The van der Waals surface area contributed by atoms with E-state index in [0.717, 1.165) is 5.56 Å². The summed E-state index contributed by atoms with van der Waals surface area (Å²) in [6.45, 7) is 7.28. The summed E-state index contributed by atoms with van der Waals surface area (Å²) in [6, 6.07) is 19.1. The van der Waals surface area contributed by atoms with E-state index >= 15 is 0 Å². The first-order valence-electron chi connectivity index (χ1n) is 12.5. The third-order valence-electron chi connectivity index (χ3n) is 6.21. The van der Waals surface area contributed by atoms with E-state index in [2.05, 4.69) is 35.8 Å². The number of amides is 1. The average Bonchev–Trinajstić information content (AvgIpc) is 3.20. The second kappa shape index (κ2) is 11.3. The monoisotopic (exact) mass is 568 g/mol. The molecular formula is C29H33ClN4O4S. The first kappa shape index (κ1) is 28.5. The molecule has 1 aromatic heterocycles. The molecule has 0 saturated carbocycles. The molecule has 39 heavy (non-hydrogen) atoms. The quantitative estimate of drug-likeness (QED) is 0.233. The number of hydrogen-bond donors (Lipinski definition) is 3. The Labute approximate surface area is 234 Å². The number of nitrogens with zero attached hydrogens (tertiary/aromatic N) is 1. The Balaban J connectivity index is 1.69. The molecule has 3 N–H and O–H groups in total. The lowest BCUT2D eigenvalue weighted by molar-refractivity contribution is 0.198. The lowest BCUT2D eigenvalue weighted by Gasteiger charge is -2.19. The molecule has 206 valence electrons. The van der Waals surface area contributed by atoms with Gasteiger partial charge < -0.3 is 19.9 Å². The van der Waals surface area contributed by atoms with Gasteiger partial charge in [0.05, 0.1) is 10.5 Å². The number of hydrogen-bond acceptors (Lipinski definition) is 5. The van der Waals surface area contributed by atoms with Gasteiger partial charge in [-0.2, -0.15) is 0 Å². The molecule has 0 spiro atoms. The van der Waals surface area contributed by atoms with Crippen LogP contribution in [0.3, 0.4) is 0 Å². The van der Waals surface area contributed by atoms with E-state index in [-0.39, 0.29) is 16.2 Å². The summed E-state index contributed by atoms with van der Waals surface area (Å²) in [7, 11) is -0.0257. The number of likely N-dealkylation sites (N-methyl/N-ethyl adjacent to an activating group) is 1. The van der Waals surface area contributed by atoms with Crippen molar-refractivity contribution in [3.63, 3.8) is 0 Å². The molecule has 0 aliphatic carbocycles. The number of halogens is 1. The fourth-order valence-electron chi connectivity index (χ4n) is 4.10. The highest BCUT2D eigenvalue weighted by molar-refractivity contribution is 7.92. The van der Waals surface area contributed by atoms with Crippen LogP contribution in [0.15, 0.2) is 71.6 Å². The van der Waals surface area contributed by atoms with Gasteiger partial charge in [-0.1, -0.05) is 62.7 Å². The van der Waals surface area contributed by atoms with Crippen LogP contribution in [0.5, 0.6) is 5.88 Å². The lowest BCUT2D eigenvalue weighted by Crippen LogP contribution is -2.33. The maximum Gasteiger partial charge on any atom is 0.413 e. The number of nitrogens with one attached hydrogen (secondary N) is 3. The smallest absolute Gasteiger partial charge is 0.393 e. The van der Waals surface area contributed by atoms with Gasteiger partial charge in [-0.05, 0) is 61.5 Å². The van der Waals surface area contributed by atoms with Crippen molar-refractivity contribution in [2.24, 2.45) is 0 Å². The van der Waals surface area contributed by atoms with Crippen LogP contribution in [0, 0.1) is 0 Å². The van der Waals surface area contributed by atoms with E-state index in [1.54, 1.807) is 42.5 Å². The zero-order valence-electron chi connectivity index (χ0n) is 22.6. The van der Waals surface area contributed by atoms with Crippen molar-refractivity contribution in [3.05, 3.63) is 77.3 Å². The van der Waals surface area contributed by atoms with E-state index < -0.39 is 16.1 Å². The third-order valence-corrected chi connectivity index (χ3v) is 7.94. The first-order valence-corrected chi connectivity index (χ1v) is 14.4. The Bertz CT molecular complexity index is 1590. The summed E-state index contributed by atoms with van der Waals surface area (Å²) in [4.78, 5) is 17.8. The summed E-state index contributed by atoms with van der Waals surface area (Å²) < 4.78 is 34.7. The zero-order chi connectivity index (χ0) is 28.4. The Morgan fingerprint density at radius 3 is 2.36 bits per heavy atom. The zero-order valence-corrected chi connectivity index (χ0v) is 24.2. The van der Waals surface area contributed by atoms with Crippen molar-refractivity contribution in [2.45, 2.75) is 31.1 Å². The van der Waals surface area contributed by atoms with Crippen LogP contribution in [-0.2, 0) is 15.4 Å². The van der Waals surface area contributed by atoms with Gasteiger partial charge in [0.2, 0.25) is 5.88 Å². The molecule has 1 heterocycles. The van der Waals surface area contributed by atoms with Gasteiger partial charge in [-0.15, -0.1) is 0 Å². The van der Waals surface area contributed by atoms with Crippen molar-refractivity contribution >= 4 is 44.3 Å². The number of aromatic amines is 1. The maximum absolute atomic E-state index is 13.2. The Kier molecular flexibility index (Phi) is 8.25. The highest BCUT2D eigenvalue weighted by atomic mass is 35.5. The predicted molar refractivity (Wildman–Crippen MR) is 157 cm³/mol. The van der Waals surface area contributed by atoms with Gasteiger partial charge in [0.25, 0.3) is 10.0 Å². The summed E-state index contributed by atoms with van der Waals surface area (Å²) in [6.07, 6.45) is -0.615. The highest BCUT2D eigenvalue weighted by Crippen LogP contribution is 2.41. The molecule has 0 unspecified atom stereocenters. The van der Waals surface area contributed by atoms with E-state index in [9.17, 15) is 13.2 Å². The number of sulfonamides is 1. The standard InChI is InChI=1S/C29H33ClN4O4S/c1-29(2,3)19-10-13-21(14-11-19)39(36,37)33-20-12-15-25-23(18-20)26(22-8-6-7-9-24(22)30)27(32-25)38-28(35)31-16-17-34(4)5/h6-15,18,32-33H,16-17H2,1-5H3,(H,31,35). The van der Waals surface area contributed by atoms with Crippen LogP contribution in [0.25, 0.3) is 22.0 Å². The number of rotatable bonds is 8. The third kappa shape index (κ3) is 6.73. The summed E-state index contributed by atoms with van der Waals surface area (Å²) in [5.41, 5.74) is 3.15. The molecule has 0 atom stereocenters. The highest BCUT2D eigenvalue weighted by Gasteiger charge is 2.22. The van der Waals surface area contributed by atoms with Crippen molar-refractivity contribution < 1.29 is 17.9 Å². The average molecular weight is 569 g/mol. The topological polar surface area (TPSA) is 104 Å². The fraction of sp³-hybridized carbons (Fsp3) is 0.276. The van der Waals surface area contributed by atoms with Crippen molar-refractivity contribution in [1.82, 2.24) is 15.2 Å². The maximum atomic E-state index is 13.2. The summed E-state index contributed by atoms with van der Waals surface area (Å²) in [5.74, 6) is 0.207. The lowest BCUT2D eigenvalue weighted by atomic mass is 9.87. The summed E-state index contributed by atoms with van der Waals surface area (Å²) >= 11 is 6.53. The van der Waals surface area contributed by atoms with Crippen LogP contribution < -0.4 is 14.8 Å². The number of carbonyl (C=O) groups excluding carboxylic acids is 1. The largest absolute Gasteiger partial charge is 0.413 e. The molecular weight excluding hydrogens is 536 g/mol. The molecule has 4 aromatic rings. The number of H-pyrrole nitrogens is 1. The SMILES string of the molecule is CN(C)CCNC(=O)Oc1[nH]c2ccc(NS(=O)(=O)c3ccc(C(C)(C)C)cc3)cc2c1-c1ccccc1Cl. The minimum atomic E-state index is -3.85. The minimum absolute atomic E-state index is 0.0901. The van der Waals surface area contributed by atoms with Gasteiger partial charge in [0.1, 0.15) is 0 Å². The van der Waals surface area contributed by atoms with Crippen molar-refractivity contribution in [3.8, 4) is 17.0 Å². The number of anilines is 1. The van der Waals surface area contributed by atoms with E-state index in [1.807, 2.05) is 43.3 Å². The van der Waals surface area contributed by atoms with Gasteiger partial charge in [-0.25, -0.2) is 13.2 Å². The predicted octanol–water partition coefficient (Wildman–Crippen LogP) is 6.24. The van der Waals surface area contributed by atoms with E-state index in [4.69, 9.17) is 16.3 Å². The summed E-state index contributed by atoms with van der Waals surface area (Å²) in [5, 5.41) is 3.83. The van der Waals surface area contributed by atoms with Crippen LogP contribution >= 0.6 is 11.6 Å². The molecule has 0 radical (unpaired) electrons. The Morgan fingerprint density at radius 2 is 1.72 bits per heavy atom. The number of ether oxygens (including phenoxy) is 1. The number of aromatic nitrogens is 1. The van der Waals surface area contributed by atoms with Gasteiger partial charge >= 0.3 is 6.09 Å². The molecule has 0 bridgehead atoms. The van der Waals surface area contributed by atoms with E-state index in [0.29, 0.717) is 45.8 Å². The van der Waals surface area contributed by atoms with Gasteiger partial charge in [0, 0.05) is 40.3 Å². The molecule has 8 nitrogen and oxygen atoms in total. The first-order chi connectivity index (χ1) is 18.3. The van der Waals surface area contributed by atoms with Crippen LogP contribution in [0.4, 0.5) is 10.5 Å². The normalized spacial score (nSPS) is 12.1. The Morgan fingerprint density at radius 1 is 1.03 bits per heavy atom. The van der Waals surface area contributed by atoms with E-state index in [1.165, 1.54) is 0 Å². The molecule has 0 fully saturated rings. The van der Waals surface area contributed by atoms with Gasteiger partial charge in [0.15, 0.2) is 0 Å². The van der Waals surface area contributed by atoms with Crippen molar-refractivity contribution in [1.29, 1.82) is 0 Å². The van der Waals surface area contributed by atoms with Crippen LogP contribution in [-0.4, -0.2) is 51.6 Å². The molecule has 3 aromatic carbocycles. The second-order valence-electron chi connectivity index (χ2n) is 10.6.